The second-order valence-electron chi connectivity index (χ2n) is 29.0. The van der Waals surface area contributed by atoms with Crippen LogP contribution in [-0.4, -0.2) is 129 Å². The number of aryl methyl sites for hydroxylation is 1. The molecule has 0 aliphatic carbocycles. The smallest absolute Gasteiger partial charge is 1.00 e. The van der Waals surface area contributed by atoms with Gasteiger partial charge in [0.05, 0.1) is 64.9 Å². The molecule has 3 radical (unpaired) electrons. The normalized spacial score (nSPS) is 13.1. The molecule has 0 saturated carbocycles. The number of halogens is 5. The van der Waals surface area contributed by atoms with Crippen molar-refractivity contribution in [1.82, 2.24) is 74.8 Å². The summed E-state index contributed by atoms with van der Waals surface area (Å²) < 4.78 is 13.5. The summed E-state index contributed by atoms with van der Waals surface area (Å²) in [6, 6.07) is 28.1. The van der Waals surface area contributed by atoms with E-state index in [1.54, 1.807) is 18.5 Å². The van der Waals surface area contributed by atoms with Crippen LogP contribution in [-0.2, 0) is 46.4 Å². The number of rotatable bonds is 12. The zero-order valence-electron chi connectivity index (χ0n) is 60.7. The van der Waals surface area contributed by atoms with Gasteiger partial charge in [-0.2, -0.15) is 0 Å². The van der Waals surface area contributed by atoms with Crippen molar-refractivity contribution in [2.45, 2.75) is 156 Å². The molecule has 1 unspecified atom stereocenters. The first kappa shape index (κ1) is 85.4. The second kappa shape index (κ2) is 36.4. The second-order valence-corrected chi connectivity index (χ2v) is 32.1. The monoisotopic (exact) mass is 1730 g/mol. The summed E-state index contributed by atoms with van der Waals surface area (Å²) in [5, 5.41) is 62.5. The zero-order valence-corrected chi connectivity index (χ0v) is 70.2. The standard InChI is InChI=1S/C18H19BrN4O.C18H25BrN4O.C18H22BrN4O.C17H19BrN4O.CH3I.CH4.B.Na.H/c1-11(24)14-7-5-12(9-20-14)13-6-8-15-17(16(13)19)21-22-23(15)10-18(2,3)4;2*1-18(2,3)11-23-15-8-7-14(16(19)17(15)20-21-23)12-5-6-13(10-24)22(4)9-12;1-17(2,3)10-22-14-7-6-13(15(18)16(14)20-21-22)11-4-5-12(9-23)19-8-11;1-2;;;;/h5-9H,10H2,1-4H3;7-9,13,24H,5-6,10-11H2,1-4H3;5-9,24H,10-11H2,1-4H3;4-8,23H,9-10H2,1-3H3;1H3;1H4;;;/q;;+1;;;;;+1;-1. The first-order valence-electron chi connectivity index (χ1n) is 31.9. The number of carbonyl (C=O) groups is 1. The molecule has 0 spiro atoms. The van der Waals surface area contributed by atoms with Crippen LogP contribution in [0.2, 0.25) is 0 Å². The molecule has 27 heteroatoms. The van der Waals surface area contributed by atoms with Crippen molar-refractivity contribution >= 4 is 150 Å². The number of aliphatic hydroxyl groups excluding tert-OH is 3. The van der Waals surface area contributed by atoms with E-state index in [9.17, 15) is 15.0 Å². The van der Waals surface area contributed by atoms with Crippen molar-refractivity contribution in [3.63, 3.8) is 0 Å². The largest absolute Gasteiger partial charge is 1.00 e. The Morgan fingerprint density at radius 2 is 0.900 bits per heavy atom. The van der Waals surface area contributed by atoms with Crippen LogP contribution < -0.4 is 34.1 Å². The van der Waals surface area contributed by atoms with E-state index >= 15 is 0 Å². The fraction of sp³-hybridized carbons (Fsp3) is 0.425. The van der Waals surface area contributed by atoms with Gasteiger partial charge < -0.3 is 21.6 Å². The van der Waals surface area contributed by atoms with Crippen LogP contribution in [0.15, 0.2) is 128 Å². The van der Waals surface area contributed by atoms with Gasteiger partial charge in [-0.1, -0.05) is 170 Å². The van der Waals surface area contributed by atoms with Gasteiger partial charge >= 0.3 is 29.6 Å². The van der Waals surface area contributed by atoms with E-state index < -0.39 is 0 Å². The molecule has 0 amide bonds. The summed E-state index contributed by atoms with van der Waals surface area (Å²) in [5.41, 5.74) is 18.5. The summed E-state index contributed by atoms with van der Waals surface area (Å²) in [7, 11) is 3.95. The van der Waals surface area contributed by atoms with E-state index in [4.69, 9.17) is 5.11 Å². The van der Waals surface area contributed by atoms with E-state index in [0.29, 0.717) is 11.4 Å². The molecule has 4 aromatic carbocycles. The predicted molar refractivity (Wildman–Crippen MR) is 423 cm³/mol. The third kappa shape index (κ3) is 21.5. The van der Waals surface area contributed by atoms with Gasteiger partial charge in [-0.3, -0.25) is 14.8 Å². The van der Waals surface area contributed by atoms with Crippen molar-refractivity contribution in [3.8, 4) is 33.4 Å². The SMILES string of the molecule is C.CC(=O)c1ccc(-c2ccc3c(nnn3CC(C)(C)C)c2Br)cn1.CC(C)(C)Cn1nnc2c(Br)c(-c3ccc(CO)nc3)ccc21.CI.CN1C=C(c2ccc3c(nnn3CC(C)(C)C)c2Br)CCC1CO.C[n+]1cc(-c2ccc3c(nnn3CC(C)(C)C)c2Br)ccc1CO.[B].[H-].[Na+]. The first-order chi connectivity index (χ1) is 45.7. The maximum Gasteiger partial charge on any atom is 1.00 e. The topological polar surface area (TPSA) is 233 Å². The molecule has 0 saturated heterocycles. The Kier molecular flexibility index (Phi) is 31.1. The molecule has 20 nitrogen and oxygen atoms in total. The minimum Gasteiger partial charge on any atom is -1.00 e. The molecule has 1 aliphatic heterocycles. The summed E-state index contributed by atoms with van der Waals surface area (Å²) >= 11 is 16.9. The van der Waals surface area contributed by atoms with E-state index in [1.165, 1.54) is 12.5 Å². The minimum atomic E-state index is -0.0540. The minimum absolute atomic E-state index is 0. The third-order valence-electron chi connectivity index (χ3n) is 15.7. The van der Waals surface area contributed by atoms with Gasteiger partial charge in [-0.05, 0) is 168 Å². The average molecular weight is 1740 g/mol. The number of ketones is 1. The van der Waals surface area contributed by atoms with Crippen molar-refractivity contribution in [2.24, 2.45) is 28.7 Å². The Bertz CT molecular complexity index is 4600. The van der Waals surface area contributed by atoms with E-state index in [1.807, 2.05) is 103 Å². The Labute approximate surface area is 661 Å². The van der Waals surface area contributed by atoms with Crippen molar-refractivity contribution in [2.75, 3.05) is 18.6 Å². The molecule has 100 heavy (non-hydrogen) atoms. The van der Waals surface area contributed by atoms with Crippen LogP contribution in [0.25, 0.3) is 83.1 Å². The molecule has 0 fully saturated rings. The number of aliphatic hydroxyl groups is 3. The van der Waals surface area contributed by atoms with Gasteiger partial charge in [0.15, 0.2) is 12.0 Å². The number of likely N-dealkylation sites (N-methyl/N-ethyl adjacent to an activating group) is 1. The molecule has 527 valence electrons. The van der Waals surface area contributed by atoms with Gasteiger partial charge in [0.25, 0.3) is 0 Å². The van der Waals surface area contributed by atoms with Crippen LogP contribution in [0.1, 0.15) is 139 Å². The summed E-state index contributed by atoms with van der Waals surface area (Å²) in [6.45, 7) is 31.1. The number of hydrogen-bond acceptors (Lipinski definition) is 15. The number of fused-ring (bicyclic) bond motifs is 4. The Morgan fingerprint density at radius 3 is 1.21 bits per heavy atom. The van der Waals surface area contributed by atoms with E-state index in [0.717, 1.165) is 146 Å². The van der Waals surface area contributed by atoms with Gasteiger partial charge in [-0.15, -0.1) is 20.4 Å². The number of nitrogens with zero attached hydrogens (tertiary/aromatic N) is 16. The number of carbonyl (C=O) groups excluding carboxylic acids is 1. The van der Waals surface area contributed by atoms with Gasteiger partial charge in [0.1, 0.15) is 41.4 Å². The number of hydrogen-bond donors (Lipinski definition) is 3. The average Bonchev–Trinajstić information content (AvgIpc) is 1.73. The van der Waals surface area contributed by atoms with Crippen LogP contribution in [0, 0.1) is 21.7 Å². The maximum atomic E-state index is 11.4. The number of Topliss-reactive ketones (excluding diaryl/α,β-unsaturated/α-hetero) is 1. The number of alkyl halides is 1. The Hall–Kier alpha value is -5.27. The van der Waals surface area contributed by atoms with E-state index in [2.05, 4.69) is 256 Å². The molecular weight excluding hydrogens is 1650 g/mol. The van der Waals surface area contributed by atoms with Crippen molar-refractivity contribution in [3.05, 3.63) is 150 Å². The molecule has 12 rings (SSSR count). The first-order valence-corrected chi connectivity index (χ1v) is 37.2. The van der Waals surface area contributed by atoms with Crippen LogP contribution in [0.3, 0.4) is 0 Å². The Balaban J connectivity index is 0.000000279. The molecule has 8 heterocycles. The summed E-state index contributed by atoms with van der Waals surface area (Å²) in [6.07, 6.45) is 9.53. The van der Waals surface area contributed by atoms with Crippen molar-refractivity contribution < 1.29 is 55.7 Å². The molecule has 7 aromatic heterocycles. The van der Waals surface area contributed by atoms with Crippen molar-refractivity contribution in [1.29, 1.82) is 0 Å². The third-order valence-corrected chi connectivity index (χ3v) is 18.9. The zero-order chi connectivity index (χ0) is 71.1. The molecule has 0 bridgehead atoms. The fourth-order valence-corrected chi connectivity index (χ4v) is 13.6. The van der Waals surface area contributed by atoms with Gasteiger partial charge in [-0.25, -0.2) is 23.3 Å². The maximum absolute atomic E-state index is 11.4. The molecule has 1 atom stereocenters. The predicted octanol–water partition coefficient (Wildman–Crippen LogP) is 13.6. The summed E-state index contributed by atoms with van der Waals surface area (Å²) in [5.74, 6) is -0.0406. The van der Waals surface area contributed by atoms with Crippen LogP contribution >= 0.6 is 86.3 Å². The molecule has 1 aliphatic rings. The van der Waals surface area contributed by atoms with Crippen LogP contribution in [0.5, 0.6) is 0 Å². The number of pyridine rings is 3. The van der Waals surface area contributed by atoms with Gasteiger partial charge in [0.2, 0.25) is 5.69 Å². The van der Waals surface area contributed by atoms with Crippen LogP contribution in [0.4, 0.5) is 0 Å². The Morgan fingerprint density at radius 1 is 0.540 bits per heavy atom. The quantitative estimate of drug-likeness (QED) is 0.0339. The molecule has 11 aromatic rings. The number of allylic oxidation sites excluding steroid dienone is 1. The fourth-order valence-electron chi connectivity index (χ4n) is 11.0. The molecule has 3 N–H and O–H groups in total. The number of aromatic nitrogens is 15. The van der Waals surface area contributed by atoms with E-state index in [-0.39, 0.29) is 100 Å². The number of benzene rings is 4. The van der Waals surface area contributed by atoms with Gasteiger partial charge in [0, 0.05) is 95.5 Å². The molecular formula is C73H93BBr4IN16NaO4+. The summed E-state index contributed by atoms with van der Waals surface area (Å²) in [4.78, 5) is 23.9.